The van der Waals surface area contributed by atoms with Crippen LogP contribution < -0.4 is 0 Å². The molecule has 1 amide bonds. The van der Waals surface area contributed by atoms with E-state index in [0.29, 0.717) is 19.7 Å². The average molecular weight is 420 g/mol. The van der Waals surface area contributed by atoms with Crippen LogP contribution in [0.1, 0.15) is 21.0 Å². The number of halogens is 1. The van der Waals surface area contributed by atoms with E-state index in [1.165, 1.54) is 10.5 Å². The normalized spacial score (nSPS) is 12.5. The molecular weight excluding hydrogens is 402 g/mol. The highest BCUT2D eigenvalue weighted by Crippen LogP contribution is 2.46. The fraction of sp³-hybridized carbons (Fsp3) is 0.250. The number of thiophene rings is 1. The zero-order chi connectivity index (χ0) is 18.8. The summed E-state index contributed by atoms with van der Waals surface area (Å²) in [4.78, 5) is 18.0. The Morgan fingerprint density at radius 1 is 1.33 bits per heavy atom. The summed E-state index contributed by atoms with van der Waals surface area (Å²) in [6.07, 6.45) is 1.62. The van der Waals surface area contributed by atoms with Crippen LogP contribution in [0.3, 0.4) is 0 Å². The first kappa shape index (κ1) is 18.6. The van der Waals surface area contributed by atoms with E-state index in [-0.39, 0.29) is 5.91 Å². The molecule has 27 heavy (non-hydrogen) atoms. The maximum atomic E-state index is 13.2. The van der Waals surface area contributed by atoms with E-state index in [9.17, 15) is 4.79 Å². The molecule has 0 spiro atoms. The first-order valence-electron chi connectivity index (χ1n) is 8.51. The van der Waals surface area contributed by atoms with E-state index in [1.807, 2.05) is 36.4 Å². The van der Waals surface area contributed by atoms with Gasteiger partial charge in [-0.1, -0.05) is 17.7 Å². The summed E-state index contributed by atoms with van der Waals surface area (Å²) >= 11 is 9.43. The van der Waals surface area contributed by atoms with Gasteiger partial charge in [-0.05, 0) is 35.9 Å². The molecule has 0 bridgehead atoms. The molecule has 0 aliphatic carbocycles. The molecule has 1 aliphatic rings. The van der Waals surface area contributed by atoms with Crippen molar-refractivity contribution in [1.29, 1.82) is 0 Å². The van der Waals surface area contributed by atoms with Crippen molar-refractivity contribution < 1.29 is 13.9 Å². The fourth-order valence-electron chi connectivity index (χ4n) is 3.03. The number of carbonyl (C=O) groups excluding carboxylic acids is 1. The van der Waals surface area contributed by atoms with Crippen LogP contribution in [0.2, 0.25) is 5.02 Å². The largest absolute Gasteiger partial charge is 0.467 e. The number of furan rings is 1. The zero-order valence-electron chi connectivity index (χ0n) is 14.7. The first-order chi connectivity index (χ1) is 13.2. The molecule has 0 radical (unpaired) electrons. The van der Waals surface area contributed by atoms with E-state index in [2.05, 4.69) is 0 Å². The molecule has 4 nitrogen and oxygen atoms in total. The number of hydrogen-bond acceptors (Lipinski definition) is 5. The van der Waals surface area contributed by atoms with Gasteiger partial charge in [-0.15, -0.1) is 23.1 Å². The number of ether oxygens (including phenoxy) is 1. The SMILES string of the molecule is COCCN(Cc1ccco1)C(=O)c1cc2c(s1)-c1ccc(Cl)cc1SC2. The van der Waals surface area contributed by atoms with Gasteiger partial charge in [-0.3, -0.25) is 4.79 Å². The molecular formula is C20H18ClNO3S2. The Morgan fingerprint density at radius 2 is 2.22 bits per heavy atom. The van der Waals surface area contributed by atoms with Gasteiger partial charge in [-0.2, -0.15) is 0 Å². The van der Waals surface area contributed by atoms with E-state index in [4.69, 9.17) is 20.8 Å². The molecule has 0 saturated carbocycles. The van der Waals surface area contributed by atoms with Crippen molar-refractivity contribution in [3.8, 4) is 10.4 Å². The number of rotatable bonds is 6. The number of carbonyl (C=O) groups is 1. The Morgan fingerprint density at radius 3 is 3.00 bits per heavy atom. The third kappa shape index (κ3) is 3.94. The summed E-state index contributed by atoms with van der Waals surface area (Å²) in [7, 11) is 1.64. The van der Waals surface area contributed by atoms with Gasteiger partial charge in [0.05, 0.1) is 24.3 Å². The molecule has 1 aromatic carbocycles. The van der Waals surface area contributed by atoms with E-state index in [0.717, 1.165) is 31.9 Å². The minimum absolute atomic E-state index is 0.00311. The van der Waals surface area contributed by atoms with Gasteiger partial charge in [0.25, 0.3) is 5.91 Å². The van der Waals surface area contributed by atoms with Crippen LogP contribution in [-0.2, 0) is 17.0 Å². The average Bonchev–Trinajstić information content (AvgIpc) is 3.33. The Hall–Kier alpha value is -1.73. The molecule has 3 aromatic rings. The minimum atomic E-state index is 0.00311. The van der Waals surface area contributed by atoms with Gasteiger partial charge in [0.2, 0.25) is 0 Å². The predicted molar refractivity (Wildman–Crippen MR) is 110 cm³/mol. The van der Waals surface area contributed by atoms with Crippen LogP contribution >= 0.6 is 34.7 Å². The Labute approximate surface area is 171 Å². The lowest BCUT2D eigenvalue weighted by Crippen LogP contribution is -2.32. The van der Waals surface area contributed by atoms with Crippen molar-refractivity contribution in [2.45, 2.75) is 17.2 Å². The molecule has 3 heterocycles. The van der Waals surface area contributed by atoms with Gasteiger partial charge in [0, 0.05) is 39.8 Å². The summed E-state index contributed by atoms with van der Waals surface area (Å²) in [6, 6.07) is 11.7. The summed E-state index contributed by atoms with van der Waals surface area (Å²) in [6.45, 7) is 1.42. The van der Waals surface area contributed by atoms with Crippen molar-refractivity contribution >= 4 is 40.6 Å². The minimum Gasteiger partial charge on any atom is -0.467 e. The lowest BCUT2D eigenvalue weighted by Gasteiger charge is -2.20. The second-order valence-electron chi connectivity index (χ2n) is 6.19. The van der Waals surface area contributed by atoms with Crippen molar-refractivity contribution in [3.63, 3.8) is 0 Å². The number of benzene rings is 1. The van der Waals surface area contributed by atoms with E-state index < -0.39 is 0 Å². The highest BCUT2D eigenvalue weighted by Gasteiger charge is 2.25. The zero-order valence-corrected chi connectivity index (χ0v) is 17.1. The molecule has 4 rings (SSSR count). The number of methoxy groups -OCH3 is 1. The maximum absolute atomic E-state index is 13.2. The summed E-state index contributed by atoms with van der Waals surface area (Å²) in [5.41, 5.74) is 2.36. The number of hydrogen-bond donors (Lipinski definition) is 0. The molecule has 0 fully saturated rings. The summed E-state index contributed by atoms with van der Waals surface area (Å²) < 4.78 is 10.6. The quantitative estimate of drug-likeness (QED) is 0.524. The van der Waals surface area contributed by atoms with Gasteiger partial charge in [-0.25, -0.2) is 0 Å². The molecule has 0 N–H and O–H groups in total. The van der Waals surface area contributed by atoms with Crippen molar-refractivity contribution in [1.82, 2.24) is 4.90 Å². The van der Waals surface area contributed by atoms with Crippen LogP contribution in [0.15, 0.2) is 52.0 Å². The summed E-state index contributed by atoms with van der Waals surface area (Å²) in [5.74, 6) is 1.61. The standard InChI is InChI=1S/C20H18ClNO3S2/c1-24-8-6-22(11-15-3-2-7-25-15)20(23)18-9-13-12-26-17-10-14(21)4-5-16(17)19(13)27-18/h2-5,7,9-10H,6,8,11-12H2,1H3. The molecule has 7 heteroatoms. The fourth-order valence-corrected chi connectivity index (χ4v) is 5.68. The number of nitrogens with zero attached hydrogens (tertiary/aromatic N) is 1. The smallest absolute Gasteiger partial charge is 0.264 e. The van der Waals surface area contributed by atoms with Crippen LogP contribution in [0.25, 0.3) is 10.4 Å². The van der Waals surface area contributed by atoms with Gasteiger partial charge < -0.3 is 14.1 Å². The third-order valence-corrected chi connectivity index (χ3v) is 6.91. The van der Waals surface area contributed by atoms with E-state index >= 15 is 0 Å². The van der Waals surface area contributed by atoms with Crippen LogP contribution in [0.5, 0.6) is 0 Å². The summed E-state index contributed by atoms with van der Waals surface area (Å²) in [5, 5.41) is 0.738. The van der Waals surface area contributed by atoms with E-state index in [1.54, 1.807) is 41.4 Å². The Balaban J connectivity index is 1.62. The topological polar surface area (TPSA) is 42.7 Å². The lowest BCUT2D eigenvalue weighted by atomic mass is 10.1. The molecule has 2 aromatic heterocycles. The van der Waals surface area contributed by atoms with Crippen LogP contribution in [0, 0.1) is 0 Å². The highest BCUT2D eigenvalue weighted by atomic mass is 35.5. The van der Waals surface area contributed by atoms with Crippen molar-refractivity contribution in [3.05, 3.63) is 63.9 Å². The molecule has 0 unspecified atom stereocenters. The molecule has 0 saturated heterocycles. The monoisotopic (exact) mass is 419 g/mol. The Bertz CT molecular complexity index is 952. The molecule has 1 aliphatic heterocycles. The highest BCUT2D eigenvalue weighted by molar-refractivity contribution is 7.98. The molecule has 0 atom stereocenters. The van der Waals surface area contributed by atoms with Crippen LogP contribution in [-0.4, -0.2) is 31.1 Å². The van der Waals surface area contributed by atoms with Crippen molar-refractivity contribution in [2.24, 2.45) is 0 Å². The molecule has 140 valence electrons. The van der Waals surface area contributed by atoms with Gasteiger partial charge in [0.15, 0.2) is 0 Å². The first-order valence-corrected chi connectivity index (χ1v) is 10.7. The van der Waals surface area contributed by atoms with Crippen molar-refractivity contribution in [2.75, 3.05) is 20.3 Å². The predicted octanol–water partition coefficient (Wildman–Crippen LogP) is 5.56. The number of thioether (sulfide) groups is 1. The number of fused-ring (bicyclic) bond motifs is 3. The van der Waals surface area contributed by atoms with Gasteiger partial charge >= 0.3 is 0 Å². The van der Waals surface area contributed by atoms with Crippen LogP contribution in [0.4, 0.5) is 0 Å². The maximum Gasteiger partial charge on any atom is 0.264 e. The second-order valence-corrected chi connectivity index (χ2v) is 8.70. The third-order valence-electron chi connectivity index (χ3n) is 4.37. The second kappa shape index (κ2) is 8.10. The number of amides is 1. The van der Waals surface area contributed by atoms with Gasteiger partial charge in [0.1, 0.15) is 5.76 Å². The Kier molecular flexibility index (Phi) is 5.59. The lowest BCUT2D eigenvalue weighted by molar-refractivity contribution is 0.0671.